The number of hydrogen-bond donors (Lipinski definition) is 2. The molecule has 1 atom stereocenters. The summed E-state index contributed by atoms with van der Waals surface area (Å²) in [6, 6.07) is 10.2. The van der Waals surface area contributed by atoms with Crippen molar-refractivity contribution < 1.29 is 14.3 Å². The molecule has 0 spiro atoms. The topological polar surface area (TPSA) is 79.5 Å². The van der Waals surface area contributed by atoms with Crippen molar-refractivity contribution in [2.45, 2.75) is 12.6 Å². The lowest BCUT2D eigenvalue weighted by molar-refractivity contribution is 0.0921. The molecule has 2 aliphatic heterocycles. The highest BCUT2D eigenvalue weighted by Crippen LogP contribution is 2.50. The van der Waals surface area contributed by atoms with E-state index < -0.39 is 0 Å². The van der Waals surface area contributed by atoms with Gasteiger partial charge < -0.3 is 19.7 Å². The first-order valence-corrected chi connectivity index (χ1v) is 10.1. The summed E-state index contributed by atoms with van der Waals surface area (Å²) < 4.78 is 12.0. The first kappa shape index (κ1) is 17.3. The molecule has 0 aliphatic carbocycles. The SMILES string of the molecule is O=C1NCC(COCc2ccccc2)N2CCOc3c(-c4cn[nH]c4)sc1c32. The summed E-state index contributed by atoms with van der Waals surface area (Å²) in [6.07, 6.45) is 3.57. The van der Waals surface area contributed by atoms with Gasteiger partial charge >= 0.3 is 0 Å². The highest BCUT2D eigenvalue weighted by Gasteiger charge is 2.37. The van der Waals surface area contributed by atoms with Gasteiger partial charge in [0.15, 0.2) is 5.75 Å². The van der Waals surface area contributed by atoms with Crippen molar-refractivity contribution in [3.05, 3.63) is 53.2 Å². The van der Waals surface area contributed by atoms with Crippen LogP contribution < -0.4 is 15.0 Å². The van der Waals surface area contributed by atoms with Crippen LogP contribution in [0.15, 0.2) is 42.7 Å². The van der Waals surface area contributed by atoms with E-state index in [-0.39, 0.29) is 11.9 Å². The number of amides is 1. The summed E-state index contributed by atoms with van der Waals surface area (Å²) >= 11 is 1.45. The van der Waals surface area contributed by atoms with Crippen LogP contribution in [0.3, 0.4) is 0 Å². The third kappa shape index (κ3) is 3.04. The summed E-state index contributed by atoms with van der Waals surface area (Å²) in [4.78, 5) is 16.6. The monoisotopic (exact) mass is 396 g/mol. The minimum absolute atomic E-state index is 0.0583. The molecule has 2 aromatic heterocycles. The number of nitrogens with one attached hydrogen (secondary N) is 2. The van der Waals surface area contributed by atoms with Crippen LogP contribution in [-0.4, -0.2) is 48.4 Å². The van der Waals surface area contributed by atoms with Crippen LogP contribution in [0, 0.1) is 0 Å². The lowest BCUT2D eigenvalue weighted by Gasteiger charge is -2.35. The molecule has 2 N–H and O–H groups in total. The number of aromatic nitrogens is 2. The molecule has 2 aliphatic rings. The molecule has 0 saturated carbocycles. The highest BCUT2D eigenvalue weighted by molar-refractivity contribution is 7.18. The predicted octanol–water partition coefficient (Wildman–Crippen LogP) is 2.67. The summed E-state index contributed by atoms with van der Waals surface area (Å²) in [5, 5.41) is 9.91. The van der Waals surface area contributed by atoms with Crippen LogP contribution in [0.2, 0.25) is 0 Å². The zero-order valence-electron chi connectivity index (χ0n) is 15.2. The zero-order valence-corrected chi connectivity index (χ0v) is 16.0. The van der Waals surface area contributed by atoms with Crippen molar-refractivity contribution >= 4 is 22.9 Å². The van der Waals surface area contributed by atoms with Gasteiger partial charge in [0.25, 0.3) is 5.91 Å². The van der Waals surface area contributed by atoms with Gasteiger partial charge in [0.2, 0.25) is 0 Å². The van der Waals surface area contributed by atoms with Crippen molar-refractivity contribution in [3.8, 4) is 16.2 Å². The Morgan fingerprint density at radius 3 is 3.00 bits per heavy atom. The Hall–Kier alpha value is -2.84. The van der Waals surface area contributed by atoms with Gasteiger partial charge in [-0.2, -0.15) is 5.10 Å². The maximum absolute atomic E-state index is 12.7. The number of benzene rings is 1. The standard InChI is InChI=1S/C20H20N4O3S/c25-20-19-16-17(18(28-19)14-8-22-23-9-14)27-7-6-24(16)15(10-21-20)12-26-11-13-4-2-1-3-5-13/h1-5,8-9,15H,6-7,10-12H2,(H,21,25)(H,22,23). The molecule has 1 unspecified atom stereocenters. The second kappa shape index (κ2) is 7.29. The van der Waals surface area contributed by atoms with Crippen LogP contribution in [0.5, 0.6) is 5.75 Å². The van der Waals surface area contributed by atoms with Crippen LogP contribution in [0.4, 0.5) is 5.69 Å². The largest absolute Gasteiger partial charge is 0.488 e. The number of rotatable bonds is 5. The Morgan fingerprint density at radius 2 is 2.18 bits per heavy atom. The van der Waals surface area contributed by atoms with E-state index in [0.717, 1.165) is 34.0 Å². The number of nitrogens with zero attached hydrogens (tertiary/aromatic N) is 2. The van der Waals surface area contributed by atoms with E-state index in [2.05, 4.69) is 32.5 Å². The number of anilines is 1. The second-order valence-corrected chi connectivity index (χ2v) is 7.85. The average Bonchev–Trinajstić information content (AvgIpc) is 3.36. The minimum Gasteiger partial charge on any atom is -0.488 e. The maximum atomic E-state index is 12.7. The summed E-state index contributed by atoms with van der Waals surface area (Å²) in [7, 11) is 0. The van der Waals surface area contributed by atoms with Crippen molar-refractivity contribution in [2.24, 2.45) is 0 Å². The fourth-order valence-electron chi connectivity index (χ4n) is 3.68. The van der Waals surface area contributed by atoms with Gasteiger partial charge in [0.05, 0.1) is 36.9 Å². The fraction of sp³-hybridized carbons (Fsp3) is 0.300. The fourth-order valence-corrected chi connectivity index (χ4v) is 4.83. The second-order valence-electron chi connectivity index (χ2n) is 6.83. The Bertz CT molecular complexity index is 971. The molecule has 4 heterocycles. The first-order chi connectivity index (χ1) is 13.8. The lowest BCUT2D eigenvalue weighted by Crippen LogP contribution is -2.47. The molecule has 8 heteroatoms. The van der Waals surface area contributed by atoms with Gasteiger partial charge in [-0.3, -0.25) is 9.89 Å². The van der Waals surface area contributed by atoms with Gasteiger partial charge in [-0.15, -0.1) is 11.3 Å². The molecule has 28 heavy (non-hydrogen) atoms. The van der Waals surface area contributed by atoms with E-state index >= 15 is 0 Å². The van der Waals surface area contributed by atoms with E-state index in [1.165, 1.54) is 11.3 Å². The third-order valence-electron chi connectivity index (χ3n) is 5.03. The Balaban J connectivity index is 1.42. The molecular weight excluding hydrogens is 376 g/mol. The van der Waals surface area contributed by atoms with Gasteiger partial charge in [-0.1, -0.05) is 30.3 Å². The number of aromatic amines is 1. The van der Waals surface area contributed by atoms with Crippen LogP contribution in [0.25, 0.3) is 10.4 Å². The summed E-state index contributed by atoms with van der Waals surface area (Å²) in [5.74, 6) is 0.717. The van der Waals surface area contributed by atoms with Crippen LogP contribution in [-0.2, 0) is 11.3 Å². The molecule has 5 rings (SSSR count). The van der Waals surface area contributed by atoms with Gasteiger partial charge in [0, 0.05) is 18.3 Å². The molecule has 1 amide bonds. The number of H-pyrrole nitrogens is 1. The Kier molecular flexibility index (Phi) is 4.50. The highest BCUT2D eigenvalue weighted by atomic mass is 32.1. The predicted molar refractivity (Wildman–Crippen MR) is 107 cm³/mol. The van der Waals surface area contributed by atoms with Crippen molar-refractivity contribution in [1.82, 2.24) is 15.5 Å². The van der Waals surface area contributed by atoms with E-state index in [9.17, 15) is 4.79 Å². The van der Waals surface area contributed by atoms with Gasteiger partial charge in [0.1, 0.15) is 17.2 Å². The first-order valence-electron chi connectivity index (χ1n) is 9.26. The van der Waals surface area contributed by atoms with Crippen molar-refractivity contribution in [2.75, 3.05) is 31.2 Å². The van der Waals surface area contributed by atoms with Gasteiger partial charge in [-0.05, 0) is 5.56 Å². The smallest absolute Gasteiger partial charge is 0.263 e. The van der Waals surface area contributed by atoms with Crippen LogP contribution in [0.1, 0.15) is 15.2 Å². The molecule has 144 valence electrons. The lowest BCUT2D eigenvalue weighted by atomic mass is 10.1. The minimum atomic E-state index is -0.0583. The molecule has 1 aromatic carbocycles. The molecule has 0 saturated heterocycles. The number of carbonyl (C=O) groups is 1. The average molecular weight is 396 g/mol. The number of carbonyl (C=O) groups excluding carboxylic acids is 1. The third-order valence-corrected chi connectivity index (χ3v) is 6.24. The van der Waals surface area contributed by atoms with Crippen molar-refractivity contribution in [1.29, 1.82) is 0 Å². The van der Waals surface area contributed by atoms with Crippen molar-refractivity contribution in [3.63, 3.8) is 0 Å². The molecular formula is C20H20N4O3S. The van der Waals surface area contributed by atoms with Crippen LogP contribution >= 0.6 is 11.3 Å². The molecule has 0 radical (unpaired) electrons. The van der Waals surface area contributed by atoms with E-state index in [1.54, 1.807) is 6.20 Å². The van der Waals surface area contributed by atoms with E-state index in [1.807, 2.05) is 24.4 Å². The van der Waals surface area contributed by atoms with Gasteiger partial charge in [-0.25, -0.2) is 0 Å². The van der Waals surface area contributed by atoms with E-state index in [4.69, 9.17) is 9.47 Å². The quantitative estimate of drug-likeness (QED) is 0.693. The van der Waals surface area contributed by atoms with E-state index in [0.29, 0.717) is 31.2 Å². The zero-order chi connectivity index (χ0) is 18.9. The Labute approximate surface area is 166 Å². The molecule has 0 bridgehead atoms. The summed E-state index contributed by atoms with van der Waals surface area (Å²) in [5.41, 5.74) is 2.96. The normalized spacial score (nSPS) is 18.2. The Morgan fingerprint density at radius 1 is 1.29 bits per heavy atom. The maximum Gasteiger partial charge on any atom is 0.263 e. The molecule has 0 fully saturated rings. The summed E-state index contributed by atoms with van der Waals surface area (Å²) in [6.45, 7) is 2.95. The molecule has 7 nitrogen and oxygen atoms in total. The number of thiophene rings is 1. The number of hydrogen-bond acceptors (Lipinski definition) is 6. The number of ether oxygens (including phenoxy) is 2. The molecule has 3 aromatic rings.